The van der Waals surface area contributed by atoms with Gasteiger partial charge in [0.2, 0.25) is 0 Å². The second kappa shape index (κ2) is 7.55. The Morgan fingerprint density at radius 2 is 1.87 bits per heavy atom. The zero-order valence-electron chi connectivity index (χ0n) is 17.2. The first kappa shape index (κ1) is 19.5. The molecule has 1 aliphatic heterocycles. The number of fused-ring (bicyclic) bond motifs is 1. The van der Waals surface area contributed by atoms with Crippen molar-refractivity contribution in [3.05, 3.63) is 82.2 Å². The van der Waals surface area contributed by atoms with E-state index in [2.05, 4.69) is 15.6 Å². The van der Waals surface area contributed by atoms with Gasteiger partial charge >= 0.3 is 0 Å². The van der Waals surface area contributed by atoms with Crippen LogP contribution in [0.25, 0.3) is 11.6 Å². The van der Waals surface area contributed by atoms with Crippen molar-refractivity contribution in [2.75, 3.05) is 11.1 Å². The average Bonchev–Trinajstić information content (AvgIpc) is 3.18. The first-order chi connectivity index (χ1) is 14.3. The van der Waals surface area contributed by atoms with E-state index in [-0.39, 0.29) is 17.9 Å². The minimum absolute atomic E-state index is 0.130. The van der Waals surface area contributed by atoms with Crippen molar-refractivity contribution in [2.24, 2.45) is 0 Å². The third-order valence-corrected chi connectivity index (χ3v) is 5.53. The molecule has 0 saturated carbocycles. The number of anilines is 2. The molecular formula is C24H24N4O2. The number of carbonyl (C=O) groups excluding carboxylic acids is 2. The van der Waals surface area contributed by atoms with E-state index in [1.54, 1.807) is 24.3 Å². The third-order valence-electron chi connectivity index (χ3n) is 5.53. The molecule has 5 N–H and O–H groups in total. The van der Waals surface area contributed by atoms with E-state index in [0.717, 1.165) is 22.5 Å². The van der Waals surface area contributed by atoms with E-state index in [0.29, 0.717) is 28.1 Å². The maximum absolute atomic E-state index is 12.8. The number of rotatable bonds is 4. The van der Waals surface area contributed by atoms with Gasteiger partial charge in [0.05, 0.1) is 17.3 Å². The lowest BCUT2D eigenvalue weighted by molar-refractivity contribution is -0.110. The van der Waals surface area contributed by atoms with Crippen LogP contribution in [-0.4, -0.2) is 16.8 Å². The summed E-state index contributed by atoms with van der Waals surface area (Å²) in [7, 11) is 0. The van der Waals surface area contributed by atoms with E-state index in [4.69, 9.17) is 5.73 Å². The van der Waals surface area contributed by atoms with E-state index >= 15 is 0 Å². The normalized spacial score (nSPS) is 15.0. The highest BCUT2D eigenvalue weighted by molar-refractivity contribution is 6.35. The van der Waals surface area contributed by atoms with Crippen LogP contribution in [0.3, 0.4) is 0 Å². The summed E-state index contributed by atoms with van der Waals surface area (Å²) in [5.41, 5.74) is 12.7. The van der Waals surface area contributed by atoms with Gasteiger partial charge in [0.1, 0.15) is 0 Å². The quantitative estimate of drug-likeness (QED) is 0.494. The number of carbonyl (C=O) groups is 2. The van der Waals surface area contributed by atoms with Crippen LogP contribution in [0.4, 0.5) is 11.4 Å². The van der Waals surface area contributed by atoms with Crippen LogP contribution in [0, 0.1) is 13.8 Å². The van der Waals surface area contributed by atoms with Gasteiger partial charge in [0, 0.05) is 28.2 Å². The summed E-state index contributed by atoms with van der Waals surface area (Å²) < 4.78 is 0. The molecule has 0 aliphatic carbocycles. The average molecular weight is 400 g/mol. The highest BCUT2D eigenvalue weighted by Gasteiger charge is 2.26. The molecule has 0 spiro atoms. The molecule has 4 rings (SSSR count). The molecule has 1 aromatic heterocycles. The smallest absolute Gasteiger partial charge is 0.256 e. The lowest BCUT2D eigenvalue weighted by Gasteiger charge is -2.14. The highest BCUT2D eigenvalue weighted by atomic mass is 16.2. The largest absolute Gasteiger partial charge is 0.397 e. The summed E-state index contributed by atoms with van der Waals surface area (Å²) in [4.78, 5) is 28.6. The van der Waals surface area contributed by atoms with Crippen molar-refractivity contribution in [2.45, 2.75) is 26.8 Å². The number of amides is 2. The molecule has 0 radical (unpaired) electrons. The molecule has 1 atom stereocenters. The van der Waals surface area contributed by atoms with Gasteiger partial charge in [-0.15, -0.1) is 0 Å². The summed E-state index contributed by atoms with van der Waals surface area (Å²) in [5.74, 6) is -0.394. The maximum atomic E-state index is 12.8. The van der Waals surface area contributed by atoms with Gasteiger partial charge in [0.15, 0.2) is 0 Å². The lowest BCUT2D eigenvalue weighted by Crippen LogP contribution is -2.26. The number of benzene rings is 2. The topological polar surface area (TPSA) is 100 Å². The van der Waals surface area contributed by atoms with Crippen LogP contribution >= 0.6 is 0 Å². The molecule has 3 aromatic rings. The first-order valence-corrected chi connectivity index (χ1v) is 9.83. The predicted octanol–water partition coefficient (Wildman–Crippen LogP) is 4.20. The Kier molecular flexibility index (Phi) is 4.91. The Morgan fingerprint density at radius 3 is 2.53 bits per heavy atom. The number of aryl methyl sites for hydroxylation is 1. The molecule has 0 fully saturated rings. The number of hydrogen-bond acceptors (Lipinski definition) is 3. The van der Waals surface area contributed by atoms with Crippen LogP contribution in [-0.2, 0) is 4.79 Å². The Labute approximate surface area is 175 Å². The second-order valence-corrected chi connectivity index (χ2v) is 7.58. The van der Waals surface area contributed by atoms with Crippen molar-refractivity contribution >= 4 is 34.8 Å². The summed E-state index contributed by atoms with van der Waals surface area (Å²) in [6.45, 7) is 5.74. The molecule has 2 aromatic carbocycles. The molecule has 1 aliphatic rings. The number of H-pyrrole nitrogens is 1. The first-order valence-electron chi connectivity index (χ1n) is 9.83. The van der Waals surface area contributed by atoms with Crippen molar-refractivity contribution in [1.29, 1.82) is 0 Å². The fourth-order valence-corrected chi connectivity index (χ4v) is 3.66. The second-order valence-electron chi connectivity index (χ2n) is 7.58. The number of aromatic nitrogens is 1. The van der Waals surface area contributed by atoms with Gasteiger partial charge < -0.3 is 21.4 Å². The summed E-state index contributed by atoms with van der Waals surface area (Å²) >= 11 is 0. The Balaban J connectivity index is 1.64. The number of nitrogens with one attached hydrogen (secondary N) is 3. The van der Waals surface area contributed by atoms with Gasteiger partial charge in [0.25, 0.3) is 11.8 Å². The Hall–Kier alpha value is -3.80. The zero-order valence-corrected chi connectivity index (χ0v) is 17.2. The van der Waals surface area contributed by atoms with Crippen molar-refractivity contribution < 1.29 is 9.59 Å². The number of hydrogen-bond donors (Lipinski definition) is 4. The molecule has 152 valence electrons. The molecule has 30 heavy (non-hydrogen) atoms. The van der Waals surface area contributed by atoms with Gasteiger partial charge in [-0.3, -0.25) is 9.59 Å². The number of aromatic amines is 1. The monoisotopic (exact) mass is 400 g/mol. The molecule has 2 heterocycles. The molecule has 0 bridgehead atoms. The van der Waals surface area contributed by atoms with E-state index in [9.17, 15) is 9.59 Å². The van der Waals surface area contributed by atoms with Gasteiger partial charge in [-0.2, -0.15) is 0 Å². The minimum atomic E-state index is -0.203. The van der Waals surface area contributed by atoms with E-state index < -0.39 is 0 Å². The van der Waals surface area contributed by atoms with Crippen LogP contribution in [0.15, 0.2) is 48.5 Å². The fourth-order valence-electron chi connectivity index (χ4n) is 3.66. The van der Waals surface area contributed by atoms with Crippen molar-refractivity contribution in [3.8, 4) is 0 Å². The third kappa shape index (κ3) is 3.48. The number of nitrogen functional groups attached to an aromatic ring is 1. The molecule has 2 amide bonds. The molecule has 0 unspecified atom stereocenters. The SMILES string of the molecule is Cc1[nH]c(/C=C2\C(=O)Nc3ccc(C(=O)N[C@H](C)c4ccccc4)cc32)c(C)c1N. The van der Waals surface area contributed by atoms with Gasteiger partial charge in [-0.05, 0) is 56.2 Å². The van der Waals surface area contributed by atoms with Gasteiger partial charge in [-0.25, -0.2) is 0 Å². The Bertz CT molecular complexity index is 1180. The van der Waals surface area contributed by atoms with Crippen molar-refractivity contribution in [1.82, 2.24) is 10.3 Å². The summed E-state index contributed by atoms with van der Waals surface area (Å²) in [6.07, 6.45) is 1.79. The summed E-state index contributed by atoms with van der Waals surface area (Å²) in [5, 5.41) is 5.87. The van der Waals surface area contributed by atoms with Crippen molar-refractivity contribution in [3.63, 3.8) is 0 Å². The van der Waals surface area contributed by atoms with Crippen LogP contribution in [0.1, 0.15) is 51.4 Å². The van der Waals surface area contributed by atoms with Gasteiger partial charge in [-0.1, -0.05) is 30.3 Å². The number of nitrogens with two attached hydrogens (primary N) is 1. The fraction of sp³-hybridized carbons (Fsp3) is 0.167. The molecule has 0 saturated heterocycles. The minimum Gasteiger partial charge on any atom is -0.397 e. The highest BCUT2D eigenvalue weighted by Crippen LogP contribution is 2.35. The molecule has 6 heteroatoms. The van der Waals surface area contributed by atoms with Crippen LogP contribution in [0.5, 0.6) is 0 Å². The molecular weight excluding hydrogens is 376 g/mol. The van der Waals surface area contributed by atoms with E-state index in [1.165, 1.54) is 0 Å². The predicted molar refractivity (Wildman–Crippen MR) is 120 cm³/mol. The zero-order chi connectivity index (χ0) is 21.4. The van der Waals surface area contributed by atoms with Crippen LogP contribution in [0.2, 0.25) is 0 Å². The van der Waals surface area contributed by atoms with Crippen LogP contribution < -0.4 is 16.4 Å². The lowest BCUT2D eigenvalue weighted by atomic mass is 10.0. The summed E-state index contributed by atoms with van der Waals surface area (Å²) in [6, 6.07) is 14.9. The molecule has 6 nitrogen and oxygen atoms in total. The maximum Gasteiger partial charge on any atom is 0.256 e. The standard InChI is InChI=1S/C24H24N4O2/c1-13-21(26-15(3)22(13)25)12-19-18-11-17(9-10-20(18)28-24(19)30)23(29)27-14(2)16-7-5-4-6-8-16/h4-12,14,26H,25H2,1-3H3,(H,27,29)(H,28,30)/b19-12-/t14-/m1/s1. The van der Waals surface area contributed by atoms with E-state index in [1.807, 2.05) is 51.1 Å². The Morgan fingerprint density at radius 1 is 1.13 bits per heavy atom.